The van der Waals surface area contributed by atoms with Gasteiger partial charge in [-0.25, -0.2) is 4.98 Å². The summed E-state index contributed by atoms with van der Waals surface area (Å²) in [5.41, 5.74) is 1.63. The summed E-state index contributed by atoms with van der Waals surface area (Å²) in [5.74, 6) is 0.863. The molecule has 0 amide bonds. The van der Waals surface area contributed by atoms with Gasteiger partial charge in [-0.05, 0) is 47.1 Å². The van der Waals surface area contributed by atoms with Crippen LogP contribution in [0.4, 0.5) is 0 Å². The third kappa shape index (κ3) is 2.67. The van der Waals surface area contributed by atoms with Crippen molar-refractivity contribution in [2.45, 2.75) is 6.92 Å². The van der Waals surface area contributed by atoms with E-state index in [1.54, 1.807) is 31.4 Å². The number of hydrogen-bond donors (Lipinski definition) is 0. The minimum Gasteiger partial charge on any atom is -0.495 e. The zero-order valence-electron chi connectivity index (χ0n) is 11.4. The van der Waals surface area contributed by atoms with Gasteiger partial charge in [0.25, 0.3) is 0 Å². The number of halogens is 1. The average molecular weight is 336 g/mol. The number of carbonyl (C=O) groups is 1. The van der Waals surface area contributed by atoms with Crippen LogP contribution in [0.5, 0.6) is 11.5 Å². The molecule has 1 heterocycles. The number of hydrogen-bond acceptors (Lipinski definition) is 4. The van der Waals surface area contributed by atoms with Crippen LogP contribution in [-0.2, 0) is 0 Å². The van der Waals surface area contributed by atoms with Gasteiger partial charge in [-0.2, -0.15) is 0 Å². The van der Waals surface area contributed by atoms with Crippen LogP contribution in [0.2, 0.25) is 0 Å². The predicted octanol–water partition coefficient (Wildman–Crippen LogP) is 3.40. The van der Waals surface area contributed by atoms with E-state index < -0.39 is 0 Å². The molecule has 1 aromatic carbocycles. The predicted molar refractivity (Wildman–Crippen MR) is 79.7 cm³/mol. The van der Waals surface area contributed by atoms with Crippen LogP contribution in [0, 0.1) is 6.92 Å². The van der Waals surface area contributed by atoms with Gasteiger partial charge in [-0.3, -0.25) is 4.79 Å². The van der Waals surface area contributed by atoms with E-state index in [1.165, 1.54) is 7.11 Å². The summed E-state index contributed by atoms with van der Waals surface area (Å²) in [5, 5.41) is 0. The van der Waals surface area contributed by atoms with E-state index in [0.717, 1.165) is 5.69 Å². The summed E-state index contributed by atoms with van der Waals surface area (Å²) in [6.07, 6.45) is 0. The second-order valence-electron chi connectivity index (χ2n) is 4.16. The number of aryl methyl sites for hydroxylation is 1. The molecule has 0 radical (unpaired) electrons. The van der Waals surface area contributed by atoms with E-state index in [9.17, 15) is 4.79 Å². The number of pyridine rings is 1. The zero-order chi connectivity index (χ0) is 14.7. The molecule has 5 heteroatoms. The first-order chi connectivity index (χ1) is 9.58. The molecule has 0 aliphatic heterocycles. The summed E-state index contributed by atoms with van der Waals surface area (Å²) in [6, 6.07) is 8.73. The Labute approximate surface area is 125 Å². The van der Waals surface area contributed by atoms with E-state index in [0.29, 0.717) is 27.2 Å². The van der Waals surface area contributed by atoms with Gasteiger partial charge in [0, 0.05) is 5.69 Å². The molecule has 4 nitrogen and oxygen atoms in total. The van der Waals surface area contributed by atoms with Gasteiger partial charge in [0.2, 0.25) is 5.78 Å². The Morgan fingerprint density at radius 2 is 1.90 bits per heavy atom. The van der Waals surface area contributed by atoms with Crippen molar-refractivity contribution in [3.05, 3.63) is 51.8 Å². The van der Waals surface area contributed by atoms with E-state index in [-0.39, 0.29) is 5.78 Å². The van der Waals surface area contributed by atoms with Gasteiger partial charge in [-0.1, -0.05) is 6.07 Å². The highest BCUT2D eigenvalue weighted by Crippen LogP contribution is 2.37. The Hall–Kier alpha value is -1.88. The molecule has 0 spiro atoms. The Kier molecular flexibility index (Phi) is 4.39. The van der Waals surface area contributed by atoms with Crippen molar-refractivity contribution in [1.29, 1.82) is 0 Å². The molecule has 0 atom stereocenters. The molecule has 0 unspecified atom stereocenters. The molecule has 0 aliphatic carbocycles. The van der Waals surface area contributed by atoms with Crippen molar-refractivity contribution < 1.29 is 14.3 Å². The second kappa shape index (κ2) is 6.05. The first-order valence-electron chi connectivity index (χ1n) is 5.97. The minimum atomic E-state index is -0.186. The van der Waals surface area contributed by atoms with Crippen LogP contribution in [-0.4, -0.2) is 25.0 Å². The maximum absolute atomic E-state index is 12.5. The third-order valence-corrected chi connectivity index (χ3v) is 3.60. The van der Waals surface area contributed by atoms with Crippen molar-refractivity contribution in [3.8, 4) is 11.5 Å². The molecule has 0 N–H and O–H groups in total. The molecule has 1 aromatic heterocycles. The largest absolute Gasteiger partial charge is 0.495 e. The van der Waals surface area contributed by atoms with E-state index in [4.69, 9.17) is 9.47 Å². The summed E-state index contributed by atoms with van der Waals surface area (Å²) < 4.78 is 11.1. The summed E-state index contributed by atoms with van der Waals surface area (Å²) >= 11 is 3.39. The lowest BCUT2D eigenvalue weighted by molar-refractivity contribution is 0.103. The lowest BCUT2D eigenvalue weighted by atomic mass is 10.1. The summed E-state index contributed by atoms with van der Waals surface area (Å²) in [6.45, 7) is 1.85. The van der Waals surface area contributed by atoms with Crippen molar-refractivity contribution in [2.75, 3.05) is 14.2 Å². The number of rotatable bonds is 4. The smallest absolute Gasteiger partial charge is 0.215 e. The first kappa shape index (κ1) is 14.5. The zero-order valence-corrected chi connectivity index (χ0v) is 13.0. The SMILES string of the molecule is COc1ccc(C(=O)c2cccc(C)n2)c(OC)c1Br. The molecular weight excluding hydrogens is 322 g/mol. The standard InChI is InChI=1S/C15H14BrNO3/c1-9-5-4-6-11(17-9)14(18)10-7-8-12(19-2)13(16)15(10)20-3/h4-8H,1-3H3. The maximum atomic E-state index is 12.5. The normalized spacial score (nSPS) is 10.2. The average Bonchev–Trinajstić information content (AvgIpc) is 2.46. The van der Waals surface area contributed by atoms with Crippen molar-refractivity contribution >= 4 is 21.7 Å². The lowest BCUT2D eigenvalue weighted by Crippen LogP contribution is -2.07. The van der Waals surface area contributed by atoms with Crippen LogP contribution in [0.1, 0.15) is 21.7 Å². The molecule has 2 aromatic rings. The fourth-order valence-electron chi connectivity index (χ4n) is 1.88. The Morgan fingerprint density at radius 3 is 2.50 bits per heavy atom. The maximum Gasteiger partial charge on any atom is 0.215 e. The molecule has 0 aliphatic rings. The fourth-order valence-corrected chi connectivity index (χ4v) is 2.55. The highest BCUT2D eigenvalue weighted by atomic mass is 79.9. The quantitative estimate of drug-likeness (QED) is 0.803. The Bertz CT molecular complexity index is 656. The van der Waals surface area contributed by atoms with Crippen molar-refractivity contribution in [2.24, 2.45) is 0 Å². The van der Waals surface area contributed by atoms with Crippen LogP contribution in [0.3, 0.4) is 0 Å². The van der Waals surface area contributed by atoms with Gasteiger partial charge < -0.3 is 9.47 Å². The molecule has 104 valence electrons. The molecular formula is C15H14BrNO3. The number of carbonyl (C=O) groups excluding carboxylic acids is 1. The second-order valence-corrected chi connectivity index (χ2v) is 4.95. The number of ketones is 1. The van der Waals surface area contributed by atoms with Crippen LogP contribution < -0.4 is 9.47 Å². The number of benzene rings is 1. The number of ether oxygens (including phenoxy) is 2. The van der Waals surface area contributed by atoms with E-state index >= 15 is 0 Å². The van der Waals surface area contributed by atoms with E-state index in [1.807, 2.05) is 13.0 Å². The van der Waals surface area contributed by atoms with Crippen molar-refractivity contribution in [1.82, 2.24) is 4.98 Å². The topological polar surface area (TPSA) is 48.4 Å². The van der Waals surface area contributed by atoms with Gasteiger partial charge in [-0.15, -0.1) is 0 Å². The monoisotopic (exact) mass is 335 g/mol. The van der Waals surface area contributed by atoms with Crippen molar-refractivity contribution in [3.63, 3.8) is 0 Å². The van der Waals surface area contributed by atoms with Crippen LogP contribution in [0.15, 0.2) is 34.8 Å². The highest BCUT2D eigenvalue weighted by molar-refractivity contribution is 9.10. The summed E-state index contributed by atoms with van der Waals surface area (Å²) in [4.78, 5) is 16.8. The lowest BCUT2D eigenvalue weighted by Gasteiger charge is -2.12. The van der Waals surface area contributed by atoms with Gasteiger partial charge in [0.15, 0.2) is 0 Å². The molecule has 2 rings (SSSR count). The number of aromatic nitrogens is 1. The first-order valence-corrected chi connectivity index (χ1v) is 6.76. The fraction of sp³-hybridized carbons (Fsp3) is 0.200. The van der Waals surface area contributed by atoms with Gasteiger partial charge >= 0.3 is 0 Å². The molecule has 0 bridgehead atoms. The minimum absolute atomic E-state index is 0.186. The van der Waals surface area contributed by atoms with Gasteiger partial charge in [0.05, 0.1) is 19.8 Å². The molecule has 0 saturated carbocycles. The Morgan fingerprint density at radius 1 is 1.15 bits per heavy atom. The van der Waals surface area contributed by atoms with Crippen LogP contribution in [0.25, 0.3) is 0 Å². The van der Waals surface area contributed by atoms with Crippen LogP contribution >= 0.6 is 15.9 Å². The number of nitrogens with zero attached hydrogens (tertiary/aromatic N) is 1. The van der Waals surface area contributed by atoms with E-state index in [2.05, 4.69) is 20.9 Å². The highest BCUT2D eigenvalue weighted by Gasteiger charge is 2.20. The molecule has 20 heavy (non-hydrogen) atoms. The molecule has 0 saturated heterocycles. The summed E-state index contributed by atoms with van der Waals surface area (Å²) in [7, 11) is 3.07. The number of methoxy groups -OCH3 is 2. The third-order valence-electron chi connectivity index (χ3n) is 2.85. The Balaban J connectivity index is 2.52. The van der Waals surface area contributed by atoms with Gasteiger partial charge in [0.1, 0.15) is 21.7 Å². The molecule has 0 fully saturated rings.